The summed E-state index contributed by atoms with van der Waals surface area (Å²) in [5.74, 6) is 1.17. The van der Waals surface area contributed by atoms with Crippen LogP contribution in [0.1, 0.15) is 35.6 Å². The van der Waals surface area contributed by atoms with Crippen LogP contribution in [0.4, 0.5) is 13.2 Å². The molecule has 0 aliphatic carbocycles. The van der Waals surface area contributed by atoms with Gasteiger partial charge in [-0.15, -0.1) is 0 Å². The van der Waals surface area contributed by atoms with Gasteiger partial charge in [-0.1, -0.05) is 12.1 Å². The smallest absolute Gasteiger partial charge is 0.416 e. The monoisotopic (exact) mass is 405 g/mol. The molecular weight excluding hydrogens is 383 g/mol. The Morgan fingerprint density at radius 3 is 2.45 bits per heavy atom. The van der Waals surface area contributed by atoms with Crippen molar-refractivity contribution in [3.63, 3.8) is 0 Å². The van der Waals surface area contributed by atoms with Crippen LogP contribution in [-0.2, 0) is 11.0 Å². The van der Waals surface area contributed by atoms with Gasteiger partial charge in [-0.2, -0.15) is 13.2 Å². The molecule has 1 fully saturated rings. The number of ether oxygens (including phenoxy) is 2. The number of hydrogen-bond donors (Lipinski definition) is 0. The van der Waals surface area contributed by atoms with Gasteiger partial charge in [0.15, 0.2) is 0 Å². The van der Waals surface area contributed by atoms with Crippen molar-refractivity contribution in [2.75, 3.05) is 20.8 Å². The summed E-state index contributed by atoms with van der Waals surface area (Å²) in [6.45, 7) is 0.598. The summed E-state index contributed by atoms with van der Waals surface area (Å²) in [6, 6.07) is 10.0. The highest BCUT2D eigenvalue weighted by molar-refractivity contribution is 5.92. The maximum absolute atomic E-state index is 12.8. The number of nitrogens with zero attached hydrogens (tertiary/aromatic N) is 1. The lowest BCUT2D eigenvalue weighted by molar-refractivity contribution is -0.137. The molecule has 1 unspecified atom stereocenters. The van der Waals surface area contributed by atoms with Crippen LogP contribution >= 0.6 is 0 Å². The van der Waals surface area contributed by atoms with E-state index in [2.05, 4.69) is 0 Å². The quantitative estimate of drug-likeness (QED) is 0.650. The molecule has 0 N–H and O–H groups in total. The Balaban J connectivity index is 1.78. The highest BCUT2D eigenvalue weighted by Gasteiger charge is 2.31. The Labute approximate surface area is 167 Å². The molecule has 0 aromatic heterocycles. The maximum atomic E-state index is 12.8. The first kappa shape index (κ1) is 20.8. The van der Waals surface area contributed by atoms with Crippen molar-refractivity contribution < 1.29 is 27.4 Å². The predicted molar refractivity (Wildman–Crippen MR) is 104 cm³/mol. The Morgan fingerprint density at radius 1 is 1.10 bits per heavy atom. The highest BCUT2D eigenvalue weighted by atomic mass is 19.4. The lowest BCUT2D eigenvalue weighted by Crippen LogP contribution is -2.29. The molecule has 154 valence electrons. The second kappa shape index (κ2) is 8.59. The van der Waals surface area contributed by atoms with E-state index in [1.165, 1.54) is 24.3 Å². The number of alkyl halides is 3. The van der Waals surface area contributed by atoms with Gasteiger partial charge in [-0.05, 0) is 54.8 Å². The summed E-state index contributed by atoms with van der Waals surface area (Å²) in [6.07, 6.45) is 0.194. The second-order valence-electron chi connectivity index (χ2n) is 6.75. The van der Waals surface area contributed by atoms with Gasteiger partial charge in [0.05, 0.1) is 25.8 Å². The Hall–Kier alpha value is -2.96. The number of methoxy groups -OCH3 is 2. The molecule has 1 amide bonds. The van der Waals surface area contributed by atoms with E-state index in [0.717, 1.165) is 30.5 Å². The van der Waals surface area contributed by atoms with Crippen molar-refractivity contribution >= 4 is 12.0 Å². The standard InChI is InChI=1S/C22H22F3NO3/c1-28-17-10-11-20(29-2)18(14-17)19-4-3-13-26(19)21(27)12-7-15-5-8-16(9-6-15)22(23,24)25/h5-12,14,19H,3-4,13H2,1-2H3/b12-7+. The number of benzene rings is 2. The molecule has 0 saturated carbocycles. The number of amides is 1. The summed E-state index contributed by atoms with van der Waals surface area (Å²) in [5, 5.41) is 0. The molecule has 1 heterocycles. The zero-order valence-corrected chi connectivity index (χ0v) is 16.2. The molecule has 1 atom stereocenters. The average molecular weight is 405 g/mol. The number of carbonyl (C=O) groups excluding carboxylic acids is 1. The fourth-order valence-electron chi connectivity index (χ4n) is 3.50. The third-order valence-electron chi connectivity index (χ3n) is 4.99. The predicted octanol–water partition coefficient (Wildman–Crippen LogP) is 5.10. The van der Waals surface area contributed by atoms with Gasteiger partial charge >= 0.3 is 6.18 Å². The molecule has 0 radical (unpaired) electrons. The van der Waals surface area contributed by atoms with Gasteiger partial charge in [0.2, 0.25) is 5.91 Å². The molecule has 2 aromatic carbocycles. The van der Waals surface area contributed by atoms with Crippen LogP contribution < -0.4 is 9.47 Å². The Kier molecular flexibility index (Phi) is 6.15. The van der Waals surface area contributed by atoms with Crippen molar-refractivity contribution in [1.82, 2.24) is 4.90 Å². The topological polar surface area (TPSA) is 38.8 Å². The van der Waals surface area contributed by atoms with E-state index in [1.54, 1.807) is 25.2 Å². The van der Waals surface area contributed by atoms with Crippen LogP contribution in [0.15, 0.2) is 48.5 Å². The summed E-state index contributed by atoms with van der Waals surface area (Å²) in [4.78, 5) is 14.5. The van der Waals surface area contributed by atoms with Gasteiger partial charge < -0.3 is 14.4 Å². The fourth-order valence-corrected chi connectivity index (χ4v) is 3.50. The minimum Gasteiger partial charge on any atom is -0.497 e. The molecule has 29 heavy (non-hydrogen) atoms. The second-order valence-corrected chi connectivity index (χ2v) is 6.75. The lowest BCUT2D eigenvalue weighted by atomic mass is 10.0. The van der Waals surface area contributed by atoms with E-state index in [0.29, 0.717) is 23.6 Å². The van der Waals surface area contributed by atoms with E-state index in [9.17, 15) is 18.0 Å². The van der Waals surface area contributed by atoms with Crippen molar-refractivity contribution in [3.05, 3.63) is 65.2 Å². The summed E-state index contributed by atoms with van der Waals surface area (Å²) >= 11 is 0. The fraction of sp³-hybridized carbons (Fsp3) is 0.318. The largest absolute Gasteiger partial charge is 0.497 e. The van der Waals surface area contributed by atoms with E-state index in [-0.39, 0.29) is 11.9 Å². The molecule has 3 rings (SSSR count). The van der Waals surface area contributed by atoms with Crippen LogP contribution in [-0.4, -0.2) is 31.6 Å². The third kappa shape index (κ3) is 4.72. The van der Waals surface area contributed by atoms with Gasteiger partial charge in [0.25, 0.3) is 0 Å². The lowest BCUT2D eigenvalue weighted by Gasteiger charge is -2.25. The number of rotatable bonds is 5. The maximum Gasteiger partial charge on any atom is 0.416 e. The molecule has 7 heteroatoms. The van der Waals surface area contributed by atoms with Crippen LogP contribution in [0.2, 0.25) is 0 Å². The first-order valence-electron chi connectivity index (χ1n) is 9.21. The number of halogens is 3. The van der Waals surface area contributed by atoms with E-state index < -0.39 is 11.7 Å². The molecule has 4 nitrogen and oxygen atoms in total. The van der Waals surface area contributed by atoms with Gasteiger partial charge in [-0.3, -0.25) is 4.79 Å². The van der Waals surface area contributed by atoms with E-state index in [1.807, 2.05) is 12.1 Å². The van der Waals surface area contributed by atoms with E-state index >= 15 is 0 Å². The first-order chi connectivity index (χ1) is 13.8. The molecule has 2 aromatic rings. The average Bonchev–Trinajstić information content (AvgIpc) is 3.21. The zero-order chi connectivity index (χ0) is 21.0. The molecular formula is C22H22F3NO3. The summed E-state index contributed by atoms with van der Waals surface area (Å²) < 4.78 is 48.7. The third-order valence-corrected chi connectivity index (χ3v) is 4.99. The summed E-state index contributed by atoms with van der Waals surface area (Å²) in [7, 11) is 3.16. The minimum atomic E-state index is -4.38. The Morgan fingerprint density at radius 2 is 1.83 bits per heavy atom. The highest BCUT2D eigenvalue weighted by Crippen LogP contribution is 2.39. The van der Waals surface area contributed by atoms with Crippen LogP contribution in [0.3, 0.4) is 0 Å². The number of carbonyl (C=O) groups is 1. The normalized spacial score (nSPS) is 17.0. The Bertz CT molecular complexity index is 891. The number of likely N-dealkylation sites (tertiary alicyclic amines) is 1. The van der Waals surface area contributed by atoms with Crippen LogP contribution in [0.25, 0.3) is 6.08 Å². The van der Waals surface area contributed by atoms with Crippen LogP contribution in [0.5, 0.6) is 11.5 Å². The SMILES string of the molecule is COc1ccc(OC)c(C2CCCN2C(=O)/C=C/c2ccc(C(F)(F)F)cc2)c1. The van der Waals surface area contributed by atoms with Gasteiger partial charge in [0.1, 0.15) is 11.5 Å². The minimum absolute atomic E-state index is 0.148. The molecule has 1 aliphatic rings. The molecule has 1 saturated heterocycles. The molecule has 0 spiro atoms. The zero-order valence-electron chi connectivity index (χ0n) is 16.2. The van der Waals surface area contributed by atoms with Gasteiger partial charge in [-0.25, -0.2) is 0 Å². The molecule has 0 bridgehead atoms. The molecule has 1 aliphatic heterocycles. The first-order valence-corrected chi connectivity index (χ1v) is 9.21. The van der Waals surface area contributed by atoms with E-state index in [4.69, 9.17) is 9.47 Å². The summed E-state index contributed by atoms with van der Waals surface area (Å²) in [5.41, 5.74) is 0.687. The van der Waals surface area contributed by atoms with Crippen molar-refractivity contribution in [2.45, 2.75) is 25.1 Å². The van der Waals surface area contributed by atoms with Crippen LogP contribution in [0, 0.1) is 0 Å². The van der Waals surface area contributed by atoms with Gasteiger partial charge in [0, 0.05) is 18.2 Å². The van der Waals surface area contributed by atoms with Crippen molar-refractivity contribution in [1.29, 1.82) is 0 Å². The number of hydrogen-bond acceptors (Lipinski definition) is 3. The van der Waals surface area contributed by atoms with Crippen molar-refractivity contribution in [2.24, 2.45) is 0 Å². The van der Waals surface area contributed by atoms with Crippen molar-refractivity contribution in [3.8, 4) is 11.5 Å².